The minimum atomic E-state index is -3.72. The number of H-pyrrole nitrogens is 1. The van der Waals surface area contributed by atoms with Crippen molar-refractivity contribution in [2.24, 2.45) is 0 Å². The topological polar surface area (TPSA) is 101 Å². The highest BCUT2D eigenvalue weighted by atomic mass is 32.2. The molecule has 0 spiro atoms. The Morgan fingerprint density at radius 3 is 2.88 bits per heavy atom. The number of hydrogen-bond donors (Lipinski definition) is 2. The van der Waals surface area contributed by atoms with Crippen LogP contribution >= 0.6 is 0 Å². The summed E-state index contributed by atoms with van der Waals surface area (Å²) in [5.74, 6) is 0.721. The van der Waals surface area contributed by atoms with Crippen LogP contribution in [-0.2, 0) is 23.0 Å². The number of aromatic amines is 1. The predicted octanol–water partition coefficient (Wildman–Crippen LogP) is 1.19. The number of sulfonamides is 1. The molecule has 1 aliphatic rings. The molecule has 0 amide bonds. The second-order valence-electron chi connectivity index (χ2n) is 5.97. The molecule has 3 rings (SSSR count). The number of nitrogens with one attached hydrogen (secondary N) is 2. The zero-order chi connectivity index (χ0) is 17.5. The second-order valence-corrected chi connectivity index (χ2v) is 7.74. The van der Waals surface area contributed by atoms with Crippen molar-refractivity contribution >= 4 is 10.0 Å². The van der Waals surface area contributed by atoms with Crippen LogP contribution in [0.1, 0.15) is 29.3 Å². The summed E-state index contributed by atoms with van der Waals surface area (Å²) in [6, 6.07) is 4.80. The van der Waals surface area contributed by atoms with Gasteiger partial charge in [0.1, 0.15) is 11.9 Å². The zero-order valence-corrected chi connectivity index (χ0v) is 14.5. The van der Waals surface area contributed by atoms with Gasteiger partial charge in [-0.2, -0.15) is 5.10 Å². The van der Waals surface area contributed by atoms with E-state index >= 15 is 0 Å². The number of rotatable bonds is 4. The van der Waals surface area contributed by atoms with Gasteiger partial charge in [0.05, 0.1) is 10.6 Å². The van der Waals surface area contributed by atoms with Gasteiger partial charge < -0.3 is 4.74 Å². The summed E-state index contributed by atoms with van der Waals surface area (Å²) in [4.78, 5) is 12.0. The molecule has 1 aromatic carbocycles. The van der Waals surface area contributed by atoms with E-state index in [1.165, 1.54) is 6.07 Å². The van der Waals surface area contributed by atoms with Crippen molar-refractivity contribution in [3.05, 3.63) is 50.9 Å². The molecular formula is C16H19N3O4S. The van der Waals surface area contributed by atoms with Crippen LogP contribution in [0.3, 0.4) is 0 Å². The van der Waals surface area contributed by atoms with Gasteiger partial charge in [0.15, 0.2) is 0 Å². The van der Waals surface area contributed by atoms with Gasteiger partial charge in [-0.3, -0.25) is 4.79 Å². The van der Waals surface area contributed by atoms with Gasteiger partial charge in [0.25, 0.3) is 5.56 Å². The summed E-state index contributed by atoms with van der Waals surface area (Å²) in [6.07, 6.45) is 0.730. The summed E-state index contributed by atoms with van der Waals surface area (Å²) in [7, 11) is -3.72. The van der Waals surface area contributed by atoms with Crippen molar-refractivity contribution in [2.45, 2.75) is 44.7 Å². The number of ether oxygens (including phenoxy) is 1. The zero-order valence-electron chi connectivity index (χ0n) is 13.7. The molecule has 0 unspecified atom stereocenters. The molecule has 2 heterocycles. The standard InChI is InChI=1S/C16H19N3O4S/c1-9-6-12-7-13(4-5-15(12)23-9)24(21,22)17-8-14-10(2)11(3)18-19-16(14)20/h4-5,7,9,17H,6,8H2,1-3H3,(H,19,20)/t9-/m1/s1. The smallest absolute Gasteiger partial charge is 0.268 e. The van der Waals surface area contributed by atoms with Crippen LogP contribution in [-0.4, -0.2) is 24.7 Å². The Balaban J connectivity index is 1.85. The first-order valence-corrected chi connectivity index (χ1v) is 9.10. The van der Waals surface area contributed by atoms with Crippen LogP contribution in [0, 0.1) is 13.8 Å². The highest BCUT2D eigenvalue weighted by Crippen LogP contribution is 2.30. The first-order valence-electron chi connectivity index (χ1n) is 7.62. The monoisotopic (exact) mass is 349 g/mol. The first kappa shape index (κ1) is 16.7. The van der Waals surface area contributed by atoms with Crippen molar-refractivity contribution in [1.82, 2.24) is 14.9 Å². The molecule has 0 fully saturated rings. The maximum absolute atomic E-state index is 12.5. The van der Waals surface area contributed by atoms with E-state index in [2.05, 4.69) is 14.9 Å². The average molecular weight is 349 g/mol. The van der Waals surface area contributed by atoms with Crippen LogP contribution in [0.4, 0.5) is 0 Å². The maximum atomic E-state index is 12.5. The Morgan fingerprint density at radius 2 is 2.12 bits per heavy atom. The highest BCUT2D eigenvalue weighted by Gasteiger charge is 2.23. The maximum Gasteiger partial charge on any atom is 0.268 e. The fourth-order valence-electron chi connectivity index (χ4n) is 2.70. The number of fused-ring (bicyclic) bond motifs is 1. The Morgan fingerprint density at radius 1 is 1.38 bits per heavy atom. The Kier molecular flexibility index (Phi) is 4.18. The SMILES string of the molecule is Cc1n[nH]c(=O)c(CNS(=O)(=O)c2ccc3c(c2)C[C@@H](C)O3)c1C. The van der Waals surface area contributed by atoms with Gasteiger partial charge in [-0.05, 0) is 50.1 Å². The van der Waals surface area contributed by atoms with E-state index in [0.29, 0.717) is 23.2 Å². The lowest BCUT2D eigenvalue weighted by Crippen LogP contribution is -2.28. The fraction of sp³-hybridized carbons (Fsp3) is 0.375. The molecule has 0 radical (unpaired) electrons. The summed E-state index contributed by atoms with van der Waals surface area (Å²) in [6.45, 7) is 5.35. The predicted molar refractivity (Wildman–Crippen MR) is 88.6 cm³/mol. The van der Waals surface area contributed by atoms with Gasteiger partial charge in [0.2, 0.25) is 10.0 Å². The lowest BCUT2D eigenvalue weighted by molar-refractivity contribution is 0.254. The molecule has 1 aliphatic heterocycles. The molecule has 24 heavy (non-hydrogen) atoms. The van der Waals surface area contributed by atoms with E-state index < -0.39 is 15.6 Å². The highest BCUT2D eigenvalue weighted by molar-refractivity contribution is 7.89. The van der Waals surface area contributed by atoms with Crippen molar-refractivity contribution in [3.8, 4) is 5.75 Å². The summed E-state index contributed by atoms with van der Waals surface area (Å²) < 4.78 is 33.1. The van der Waals surface area contributed by atoms with E-state index in [-0.39, 0.29) is 17.5 Å². The molecule has 0 saturated carbocycles. The van der Waals surface area contributed by atoms with Crippen molar-refractivity contribution < 1.29 is 13.2 Å². The van der Waals surface area contributed by atoms with Gasteiger partial charge in [-0.25, -0.2) is 18.2 Å². The van der Waals surface area contributed by atoms with E-state index in [1.54, 1.807) is 26.0 Å². The van der Waals surface area contributed by atoms with Crippen LogP contribution in [0.2, 0.25) is 0 Å². The van der Waals surface area contributed by atoms with Crippen LogP contribution in [0.25, 0.3) is 0 Å². The van der Waals surface area contributed by atoms with Gasteiger partial charge in [-0.15, -0.1) is 0 Å². The number of benzene rings is 1. The molecule has 0 saturated heterocycles. The molecule has 128 valence electrons. The van der Waals surface area contributed by atoms with Crippen LogP contribution < -0.4 is 15.0 Å². The molecule has 1 aromatic heterocycles. The number of aromatic nitrogens is 2. The minimum Gasteiger partial charge on any atom is -0.490 e. The summed E-state index contributed by atoms with van der Waals surface area (Å²) in [5, 5.41) is 6.23. The third-order valence-electron chi connectivity index (χ3n) is 4.21. The largest absolute Gasteiger partial charge is 0.490 e. The molecule has 0 aliphatic carbocycles. The molecule has 2 aromatic rings. The molecule has 7 nitrogen and oxygen atoms in total. The quantitative estimate of drug-likeness (QED) is 0.863. The summed E-state index contributed by atoms with van der Waals surface area (Å²) in [5.41, 5.74) is 2.19. The minimum absolute atomic E-state index is 0.0481. The van der Waals surface area contributed by atoms with Crippen LogP contribution in [0.15, 0.2) is 27.9 Å². The van der Waals surface area contributed by atoms with Gasteiger partial charge in [0, 0.05) is 18.5 Å². The number of aryl methyl sites for hydroxylation is 1. The summed E-state index contributed by atoms with van der Waals surface area (Å²) >= 11 is 0. The second kappa shape index (κ2) is 6.03. The van der Waals surface area contributed by atoms with E-state index in [9.17, 15) is 13.2 Å². The number of nitrogens with zero attached hydrogens (tertiary/aromatic N) is 1. The Hall–Kier alpha value is -2.19. The Bertz CT molecular complexity index is 950. The average Bonchev–Trinajstić information content (AvgIpc) is 2.90. The van der Waals surface area contributed by atoms with Crippen molar-refractivity contribution in [1.29, 1.82) is 0 Å². The van der Waals surface area contributed by atoms with Crippen LogP contribution in [0.5, 0.6) is 5.75 Å². The van der Waals surface area contributed by atoms with E-state index in [1.807, 2.05) is 6.92 Å². The van der Waals surface area contributed by atoms with Gasteiger partial charge >= 0.3 is 0 Å². The lowest BCUT2D eigenvalue weighted by Gasteiger charge is -2.10. The lowest BCUT2D eigenvalue weighted by atomic mass is 10.1. The molecule has 8 heteroatoms. The van der Waals surface area contributed by atoms with Crippen molar-refractivity contribution in [3.63, 3.8) is 0 Å². The van der Waals surface area contributed by atoms with Gasteiger partial charge in [-0.1, -0.05) is 0 Å². The van der Waals surface area contributed by atoms with Crippen molar-refractivity contribution in [2.75, 3.05) is 0 Å². The molecule has 1 atom stereocenters. The molecular weight excluding hydrogens is 330 g/mol. The Labute approximate surface area is 140 Å². The van der Waals surface area contributed by atoms with E-state index in [4.69, 9.17) is 4.74 Å². The third kappa shape index (κ3) is 3.07. The fourth-order valence-corrected chi connectivity index (χ4v) is 3.75. The first-order chi connectivity index (χ1) is 11.3. The number of hydrogen-bond acceptors (Lipinski definition) is 5. The van der Waals surface area contributed by atoms with E-state index in [0.717, 1.165) is 11.3 Å². The molecule has 0 bridgehead atoms. The molecule has 2 N–H and O–H groups in total. The normalized spacial score (nSPS) is 16.7. The third-order valence-corrected chi connectivity index (χ3v) is 5.61.